The highest BCUT2D eigenvalue weighted by Crippen LogP contribution is 2.27. The molecule has 0 radical (unpaired) electrons. The molecule has 0 unspecified atom stereocenters. The zero-order valence-corrected chi connectivity index (χ0v) is 16.2. The summed E-state index contributed by atoms with van der Waals surface area (Å²) in [5.74, 6) is -0.832. The molecule has 2 N–H and O–H groups in total. The van der Waals surface area contributed by atoms with Crippen molar-refractivity contribution in [2.45, 2.75) is 46.5 Å². The van der Waals surface area contributed by atoms with Crippen LogP contribution in [0.5, 0.6) is 0 Å². The molecule has 2 aromatic rings. The number of hydrogen-bond acceptors (Lipinski definition) is 3. The largest absolute Gasteiger partial charge is 0.451 e. The molecule has 0 bridgehead atoms. The average molecular weight is 356 g/mol. The molecular formula is C21H28N2O3. The number of benzene rings is 1. The first kappa shape index (κ1) is 19.8. The van der Waals surface area contributed by atoms with E-state index in [0.29, 0.717) is 12.2 Å². The van der Waals surface area contributed by atoms with Gasteiger partial charge in [-0.2, -0.15) is 0 Å². The van der Waals surface area contributed by atoms with Crippen molar-refractivity contribution in [3.63, 3.8) is 0 Å². The first-order chi connectivity index (χ1) is 12.2. The van der Waals surface area contributed by atoms with Gasteiger partial charge in [-0.1, -0.05) is 32.9 Å². The van der Waals surface area contributed by atoms with Gasteiger partial charge in [0.1, 0.15) is 5.69 Å². The summed E-state index contributed by atoms with van der Waals surface area (Å²) in [4.78, 5) is 26.3. The Morgan fingerprint density at radius 1 is 1.15 bits per heavy atom. The summed E-state index contributed by atoms with van der Waals surface area (Å²) in [5, 5.41) is 2.80. The van der Waals surface area contributed by atoms with Crippen molar-refractivity contribution in [3.05, 3.63) is 58.4 Å². The van der Waals surface area contributed by atoms with Crippen LogP contribution in [0.4, 0.5) is 0 Å². The van der Waals surface area contributed by atoms with Gasteiger partial charge < -0.3 is 15.0 Å². The molecule has 1 aromatic heterocycles. The molecule has 0 aliphatic carbocycles. The van der Waals surface area contributed by atoms with Gasteiger partial charge in [0.2, 0.25) is 0 Å². The fourth-order valence-electron chi connectivity index (χ4n) is 2.86. The number of carbonyl (C=O) groups is 2. The van der Waals surface area contributed by atoms with Crippen LogP contribution >= 0.6 is 0 Å². The molecule has 5 heteroatoms. The lowest BCUT2D eigenvalue weighted by Crippen LogP contribution is -2.30. The smallest absolute Gasteiger partial charge is 0.355 e. The number of H-pyrrole nitrogens is 1. The molecule has 0 spiro atoms. The number of aromatic nitrogens is 1. The van der Waals surface area contributed by atoms with Crippen molar-refractivity contribution in [2.75, 3.05) is 13.2 Å². The quantitative estimate of drug-likeness (QED) is 0.779. The minimum Gasteiger partial charge on any atom is -0.451 e. The Labute approximate surface area is 155 Å². The van der Waals surface area contributed by atoms with Gasteiger partial charge >= 0.3 is 5.97 Å². The molecule has 0 atom stereocenters. The Kier molecular flexibility index (Phi) is 6.24. The monoisotopic (exact) mass is 356 g/mol. The lowest BCUT2D eigenvalue weighted by Gasteiger charge is -2.22. The SMILES string of the molecule is Cc1cc(C(C)(C)C)cc(C)c1CCNC(=O)COC(=O)c1ccc[nH]1. The Morgan fingerprint density at radius 2 is 1.81 bits per heavy atom. The van der Waals surface area contributed by atoms with E-state index in [1.54, 1.807) is 18.3 Å². The maximum Gasteiger partial charge on any atom is 0.355 e. The number of rotatable bonds is 6. The summed E-state index contributed by atoms with van der Waals surface area (Å²) in [6.45, 7) is 11.1. The first-order valence-corrected chi connectivity index (χ1v) is 8.86. The normalized spacial score (nSPS) is 11.3. The maximum atomic E-state index is 11.9. The van der Waals surface area contributed by atoms with E-state index in [0.717, 1.165) is 6.42 Å². The van der Waals surface area contributed by atoms with Crippen molar-refractivity contribution >= 4 is 11.9 Å². The molecule has 26 heavy (non-hydrogen) atoms. The predicted molar refractivity (Wildman–Crippen MR) is 102 cm³/mol. The number of aromatic amines is 1. The highest BCUT2D eigenvalue weighted by Gasteiger charge is 2.16. The van der Waals surface area contributed by atoms with Crippen LogP contribution in [0.15, 0.2) is 30.5 Å². The van der Waals surface area contributed by atoms with Gasteiger partial charge in [0.05, 0.1) is 0 Å². The van der Waals surface area contributed by atoms with Crippen LogP contribution < -0.4 is 5.32 Å². The number of carbonyl (C=O) groups excluding carboxylic acids is 2. The van der Waals surface area contributed by atoms with E-state index >= 15 is 0 Å². The highest BCUT2D eigenvalue weighted by molar-refractivity contribution is 5.89. The molecule has 0 saturated heterocycles. The third-order valence-electron chi connectivity index (χ3n) is 4.41. The number of hydrogen-bond donors (Lipinski definition) is 2. The maximum absolute atomic E-state index is 11.9. The lowest BCUT2D eigenvalue weighted by atomic mass is 9.83. The van der Waals surface area contributed by atoms with Crippen LogP contribution in [-0.4, -0.2) is 30.0 Å². The zero-order valence-electron chi connectivity index (χ0n) is 16.2. The molecule has 5 nitrogen and oxygen atoms in total. The summed E-state index contributed by atoms with van der Waals surface area (Å²) in [5.41, 5.74) is 5.50. The van der Waals surface area contributed by atoms with Crippen LogP contribution in [-0.2, 0) is 21.4 Å². The van der Waals surface area contributed by atoms with Crippen LogP contribution in [0, 0.1) is 13.8 Å². The van der Waals surface area contributed by atoms with Gasteiger partial charge in [-0.3, -0.25) is 4.79 Å². The molecule has 2 rings (SSSR count). The fraction of sp³-hybridized carbons (Fsp3) is 0.429. The Morgan fingerprint density at radius 3 is 2.35 bits per heavy atom. The van der Waals surface area contributed by atoms with Gasteiger partial charge in [-0.05, 0) is 60.1 Å². The molecular weight excluding hydrogens is 328 g/mol. The minimum absolute atomic E-state index is 0.116. The van der Waals surface area contributed by atoms with E-state index in [4.69, 9.17) is 4.74 Å². The Bertz CT molecular complexity index is 748. The van der Waals surface area contributed by atoms with E-state index in [1.807, 2.05) is 0 Å². The van der Waals surface area contributed by atoms with E-state index in [-0.39, 0.29) is 17.9 Å². The van der Waals surface area contributed by atoms with Gasteiger partial charge in [-0.15, -0.1) is 0 Å². The standard InChI is InChI=1S/C21H28N2O3/c1-14-11-16(21(3,4)5)12-15(2)17(14)8-10-23-19(24)13-26-20(25)18-7-6-9-22-18/h6-7,9,11-12,22H,8,10,13H2,1-5H3,(H,23,24). The third kappa shape index (κ3) is 5.22. The van der Waals surface area contributed by atoms with Crippen LogP contribution in [0.1, 0.15) is 53.5 Å². The second-order valence-corrected chi connectivity index (χ2v) is 7.60. The second kappa shape index (κ2) is 8.21. The van der Waals surface area contributed by atoms with E-state index < -0.39 is 5.97 Å². The molecule has 0 fully saturated rings. The second-order valence-electron chi connectivity index (χ2n) is 7.60. The molecule has 0 aliphatic rings. The molecule has 0 aliphatic heterocycles. The van der Waals surface area contributed by atoms with Crippen LogP contribution in [0.25, 0.3) is 0 Å². The molecule has 1 aromatic carbocycles. The number of amides is 1. The lowest BCUT2D eigenvalue weighted by molar-refractivity contribution is -0.124. The van der Waals surface area contributed by atoms with E-state index in [2.05, 4.69) is 57.1 Å². The molecule has 1 heterocycles. The van der Waals surface area contributed by atoms with E-state index in [9.17, 15) is 9.59 Å². The topological polar surface area (TPSA) is 71.2 Å². The molecule has 0 saturated carbocycles. The third-order valence-corrected chi connectivity index (χ3v) is 4.41. The average Bonchev–Trinajstić information content (AvgIpc) is 3.08. The van der Waals surface area contributed by atoms with Crippen molar-refractivity contribution in [1.29, 1.82) is 0 Å². The minimum atomic E-state index is -0.533. The number of ether oxygens (including phenoxy) is 1. The Hall–Kier alpha value is -2.56. The van der Waals surface area contributed by atoms with E-state index in [1.165, 1.54) is 22.3 Å². The van der Waals surface area contributed by atoms with Gasteiger partial charge in [0.15, 0.2) is 6.61 Å². The summed E-state index contributed by atoms with van der Waals surface area (Å²) < 4.78 is 4.97. The van der Waals surface area contributed by atoms with Gasteiger partial charge in [-0.25, -0.2) is 4.79 Å². The summed E-state index contributed by atoms with van der Waals surface area (Å²) in [7, 11) is 0. The number of aryl methyl sites for hydroxylation is 2. The summed E-state index contributed by atoms with van der Waals surface area (Å²) in [6, 6.07) is 7.75. The van der Waals surface area contributed by atoms with Gasteiger partial charge in [0, 0.05) is 12.7 Å². The first-order valence-electron chi connectivity index (χ1n) is 8.86. The van der Waals surface area contributed by atoms with Crippen molar-refractivity contribution in [3.8, 4) is 0 Å². The number of nitrogens with one attached hydrogen (secondary N) is 2. The van der Waals surface area contributed by atoms with Crippen LogP contribution in [0.3, 0.4) is 0 Å². The van der Waals surface area contributed by atoms with Gasteiger partial charge in [0.25, 0.3) is 5.91 Å². The van der Waals surface area contributed by atoms with Crippen molar-refractivity contribution in [2.24, 2.45) is 0 Å². The Balaban J connectivity index is 1.84. The predicted octanol–water partition coefficient (Wildman–Crippen LogP) is 3.44. The summed E-state index contributed by atoms with van der Waals surface area (Å²) in [6.07, 6.45) is 2.38. The number of esters is 1. The molecule has 1 amide bonds. The zero-order chi connectivity index (χ0) is 19.3. The molecule has 140 valence electrons. The van der Waals surface area contributed by atoms with Crippen LogP contribution in [0.2, 0.25) is 0 Å². The van der Waals surface area contributed by atoms with Crippen molar-refractivity contribution in [1.82, 2.24) is 10.3 Å². The highest BCUT2D eigenvalue weighted by atomic mass is 16.5. The van der Waals surface area contributed by atoms with Crippen molar-refractivity contribution < 1.29 is 14.3 Å². The summed E-state index contributed by atoms with van der Waals surface area (Å²) >= 11 is 0. The fourth-order valence-corrected chi connectivity index (χ4v) is 2.86.